The third-order valence-electron chi connectivity index (χ3n) is 5.03. The lowest BCUT2D eigenvalue weighted by Crippen LogP contribution is -2.52. The van der Waals surface area contributed by atoms with Gasteiger partial charge in [0.1, 0.15) is 5.82 Å². The summed E-state index contributed by atoms with van der Waals surface area (Å²) in [6.45, 7) is 3.37. The van der Waals surface area contributed by atoms with Gasteiger partial charge in [0.2, 0.25) is 11.8 Å². The number of hydrogen-bond acceptors (Lipinski definition) is 6. The molecule has 1 atom stereocenters. The van der Waals surface area contributed by atoms with E-state index in [1.165, 1.54) is 4.90 Å². The van der Waals surface area contributed by atoms with E-state index in [1.54, 1.807) is 18.6 Å². The molecule has 7 nitrogen and oxygen atoms in total. The number of carbonyl (C=O) groups is 2. The third-order valence-corrected chi connectivity index (χ3v) is 5.03. The second-order valence-electron chi connectivity index (χ2n) is 6.61. The van der Waals surface area contributed by atoms with Crippen LogP contribution in [0.15, 0.2) is 48.9 Å². The van der Waals surface area contributed by atoms with Gasteiger partial charge in [0.05, 0.1) is 25.2 Å². The Labute approximate surface area is 152 Å². The van der Waals surface area contributed by atoms with Gasteiger partial charge in [-0.1, -0.05) is 30.3 Å². The maximum absolute atomic E-state index is 12.8. The van der Waals surface area contributed by atoms with Gasteiger partial charge in [-0.05, 0) is 5.56 Å². The van der Waals surface area contributed by atoms with Gasteiger partial charge >= 0.3 is 0 Å². The minimum Gasteiger partial charge on any atom is -0.353 e. The molecular weight excluding hydrogens is 330 g/mol. The Balaban J connectivity index is 1.38. The molecule has 2 aromatic rings. The highest BCUT2D eigenvalue weighted by atomic mass is 16.2. The number of likely N-dealkylation sites (tertiary alicyclic amines) is 1. The number of anilines is 1. The molecule has 1 aromatic carbocycles. The SMILES string of the molecule is O=C1C[C@H](N2CCN(c3cnccn3)CC2)C(=O)N1Cc1ccccc1. The second-order valence-corrected chi connectivity index (χ2v) is 6.61. The first-order valence-corrected chi connectivity index (χ1v) is 8.85. The fraction of sp³-hybridized carbons (Fsp3) is 0.368. The number of rotatable bonds is 4. The Morgan fingerprint density at radius 1 is 1.00 bits per heavy atom. The molecule has 3 heterocycles. The number of carbonyl (C=O) groups excluding carboxylic acids is 2. The molecule has 2 aliphatic heterocycles. The average molecular weight is 351 g/mol. The maximum atomic E-state index is 12.8. The van der Waals surface area contributed by atoms with Gasteiger partial charge in [-0.3, -0.25) is 24.4 Å². The molecule has 2 aliphatic rings. The number of piperazine rings is 1. The number of aromatic nitrogens is 2. The molecule has 2 fully saturated rings. The van der Waals surface area contributed by atoms with E-state index < -0.39 is 0 Å². The summed E-state index contributed by atoms with van der Waals surface area (Å²) in [6, 6.07) is 9.31. The second kappa shape index (κ2) is 7.21. The predicted octanol–water partition coefficient (Wildman–Crippen LogP) is 0.926. The highest BCUT2D eigenvalue weighted by Gasteiger charge is 2.42. The van der Waals surface area contributed by atoms with Crippen LogP contribution in [0, 0.1) is 0 Å². The monoisotopic (exact) mass is 351 g/mol. The molecule has 0 bridgehead atoms. The first-order valence-electron chi connectivity index (χ1n) is 8.85. The molecule has 0 aliphatic carbocycles. The van der Waals surface area contributed by atoms with E-state index in [1.807, 2.05) is 30.3 Å². The summed E-state index contributed by atoms with van der Waals surface area (Å²) in [5, 5.41) is 0. The van der Waals surface area contributed by atoms with E-state index in [9.17, 15) is 9.59 Å². The van der Waals surface area contributed by atoms with Crippen molar-refractivity contribution in [1.29, 1.82) is 0 Å². The number of amides is 2. The summed E-state index contributed by atoms with van der Waals surface area (Å²) < 4.78 is 0. The predicted molar refractivity (Wildman–Crippen MR) is 96.2 cm³/mol. The Morgan fingerprint density at radius 2 is 1.77 bits per heavy atom. The zero-order valence-electron chi connectivity index (χ0n) is 14.5. The largest absolute Gasteiger partial charge is 0.353 e. The number of hydrogen-bond donors (Lipinski definition) is 0. The zero-order chi connectivity index (χ0) is 17.9. The van der Waals surface area contributed by atoms with Gasteiger partial charge in [0.25, 0.3) is 0 Å². The first-order chi connectivity index (χ1) is 12.7. The number of imide groups is 1. The van der Waals surface area contributed by atoms with Crippen LogP contribution in [-0.2, 0) is 16.1 Å². The molecule has 0 saturated carbocycles. The van der Waals surface area contributed by atoms with Crippen LogP contribution < -0.4 is 4.90 Å². The Morgan fingerprint density at radius 3 is 2.46 bits per heavy atom. The number of nitrogens with zero attached hydrogens (tertiary/aromatic N) is 5. The van der Waals surface area contributed by atoms with Crippen molar-refractivity contribution in [3.63, 3.8) is 0 Å². The maximum Gasteiger partial charge on any atom is 0.247 e. The fourth-order valence-corrected chi connectivity index (χ4v) is 3.60. The summed E-state index contributed by atoms with van der Waals surface area (Å²) >= 11 is 0. The molecule has 4 rings (SSSR count). The van der Waals surface area contributed by atoms with Crippen molar-refractivity contribution >= 4 is 17.6 Å². The van der Waals surface area contributed by atoms with Crippen molar-refractivity contribution in [3.05, 3.63) is 54.5 Å². The lowest BCUT2D eigenvalue weighted by molar-refractivity contribution is -0.140. The normalized spacial score (nSPS) is 21.5. The summed E-state index contributed by atoms with van der Waals surface area (Å²) in [7, 11) is 0. The third kappa shape index (κ3) is 3.30. The van der Waals surface area contributed by atoms with Crippen LogP contribution in [0.5, 0.6) is 0 Å². The molecule has 26 heavy (non-hydrogen) atoms. The average Bonchev–Trinajstić information content (AvgIpc) is 2.98. The smallest absolute Gasteiger partial charge is 0.247 e. The van der Waals surface area contributed by atoms with Crippen LogP contribution in [0.1, 0.15) is 12.0 Å². The van der Waals surface area contributed by atoms with Gasteiger partial charge in [0, 0.05) is 38.6 Å². The first kappa shape index (κ1) is 16.7. The molecule has 2 amide bonds. The number of benzene rings is 1. The Kier molecular flexibility index (Phi) is 4.62. The standard InChI is InChI=1S/C19H21N5O2/c25-18-12-16(19(26)24(18)14-15-4-2-1-3-5-15)22-8-10-23(11-9-22)17-13-20-6-7-21-17/h1-7,13,16H,8-12,14H2/t16-/m0/s1. The fourth-order valence-electron chi connectivity index (χ4n) is 3.60. The van der Waals surface area contributed by atoms with Gasteiger partial charge in [-0.25, -0.2) is 4.98 Å². The van der Waals surface area contributed by atoms with Crippen LogP contribution >= 0.6 is 0 Å². The molecular formula is C19H21N5O2. The van der Waals surface area contributed by atoms with Crippen LogP contribution in [0.25, 0.3) is 0 Å². The lowest BCUT2D eigenvalue weighted by Gasteiger charge is -2.37. The summed E-state index contributed by atoms with van der Waals surface area (Å²) in [5.74, 6) is 0.693. The van der Waals surface area contributed by atoms with E-state index in [-0.39, 0.29) is 24.3 Å². The van der Waals surface area contributed by atoms with Crippen molar-refractivity contribution in [2.45, 2.75) is 19.0 Å². The highest BCUT2D eigenvalue weighted by Crippen LogP contribution is 2.23. The molecule has 0 unspecified atom stereocenters. The van der Waals surface area contributed by atoms with Crippen molar-refractivity contribution in [3.8, 4) is 0 Å². The van der Waals surface area contributed by atoms with Gasteiger partial charge in [0.15, 0.2) is 0 Å². The van der Waals surface area contributed by atoms with Crippen LogP contribution in [0.3, 0.4) is 0 Å². The topological polar surface area (TPSA) is 69.6 Å². The minimum absolute atomic E-state index is 0.0770. The zero-order valence-corrected chi connectivity index (χ0v) is 14.5. The van der Waals surface area contributed by atoms with E-state index in [4.69, 9.17) is 0 Å². The highest BCUT2D eigenvalue weighted by molar-refractivity contribution is 6.05. The minimum atomic E-state index is -0.338. The van der Waals surface area contributed by atoms with E-state index in [2.05, 4.69) is 19.8 Å². The summed E-state index contributed by atoms with van der Waals surface area (Å²) in [5.41, 5.74) is 0.974. The molecule has 1 aromatic heterocycles. The van der Waals surface area contributed by atoms with Crippen LogP contribution in [0.4, 0.5) is 5.82 Å². The van der Waals surface area contributed by atoms with E-state index in [0.29, 0.717) is 6.54 Å². The van der Waals surface area contributed by atoms with E-state index in [0.717, 1.165) is 37.6 Å². The Bertz CT molecular complexity index is 775. The molecule has 2 saturated heterocycles. The van der Waals surface area contributed by atoms with Crippen LogP contribution in [0.2, 0.25) is 0 Å². The lowest BCUT2D eigenvalue weighted by atomic mass is 10.1. The van der Waals surface area contributed by atoms with Gasteiger partial charge in [-0.15, -0.1) is 0 Å². The summed E-state index contributed by atoms with van der Waals surface area (Å²) in [4.78, 5) is 39.3. The molecule has 0 N–H and O–H groups in total. The molecule has 0 spiro atoms. The van der Waals surface area contributed by atoms with E-state index >= 15 is 0 Å². The van der Waals surface area contributed by atoms with Gasteiger partial charge < -0.3 is 4.90 Å². The molecule has 0 radical (unpaired) electrons. The molecule has 134 valence electrons. The van der Waals surface area contributed by atoms with Crippen molar-refractivity contribution < 1.29 is 9.59 Å². The Hall–Kier alpha value is -2.80. The van der Waals surface area contributed by atoms with Crippen molar-refractivity contribution in [2.75, 3.05) is 31.1 Å². The van der Waals surface area contributed by atoms with Crippen molar-refractivity contribution in [1.82, 2.24) is 19.8 Å². The summed E-state index contributed by atoms with van der Waals surface area (Å²) in [6.07, 6.45) is 5.37. The van der Waals surface area contributed by atoms with Crippen LogP contribution in [-0.4, -0.2) is 63.8 Å². The molecule has 7 heteroatoms. The van der Waals surface area contributed by atoms with Crippen molar-refractivity contribution in [2.24, 2.45) is 0 Å². The van der Waals surface area contributed by atoms with Gasteiger partial charge in [-0.2, -0.15) is 0 Å². The quantitative estimate of drug-likeness (QED) is 0.763.